The van der Waals surface area contributed by atoms with E-state index < -0.39 is 6.10 Å². The van der Waals surface area contributed by atoms with Gasteiger partial charge in [0.1, 0.15) is 11.6 Å². The molecule has 1 aliphatic rings. The molecule has 132 valence electrons. The van der Waals surface area contributed by atoms with Gasteiger partial charge in [0.05, 0.1) is 5.02 Å². The number of rotatable bonds is 6. The van der Waals surface area contributed by atoms with Crippen molar-refractivity contribution < 1.29 is 13.9 Å². The summed E-state index contributed by atoms with van der Waals surface area (Å²) in [5, 5.41) is 0.470. The van der Waals surface area contributed by atoms with Crippen molar-refractivity contribution in [1.82, 2.24) is 4.90 Å². The third-order valence-electron chi connectivity index (χ3n) is 4.31. The summed E-state index contributed by atoms with van der Waals surface area (Å²) in [6.45, 7) is 3.90. The number of amides is 1. The Morgan fingerprint density at radius 3 is 2.72 bits per heavy atom. The monoisotopic (exact) mass is 361 g/mol. The highest BCUT2D eigenvalue weighted by Gasteiger charge is 2.35. The van der Waals surface area contributed by atoms with Gasteiger partial charge in [-0.2, -0.15) is 0 Å². The molecule has 3 rings (SSSR count). The minimum absolute atomic E-state index is 0.150. The zero-order valence-corrected chi connectivity index (χ0v) is 15.1. The quantitative estimate of drug-likeness (QED) is 0.743. The molecule has 1 amide bonds. The molecule has 1 unspecified atom stereocenters. The van der Waals surface area contributed by atoms with Gasteiger partial charge < -0.3 is 9.64 Å². The molecule has 5 heteroatoms. The molecule has 0 N–H and O–H groups in total. The summed E-state index contributed by atoms with van der Waals surface area (Å²) >= 11 is 6.15. The Balaban J connectivity index is 1.74. The number of aryl methyl sites for hydroxylation is 1. The van der Waals surface area contributed by atoms with Crippen LogP contribution in [0.1, 0.15) is 30.9 Å². The second-order valence-electron chi connectivity index (χ2n) is 6.48. The molecule has 3 nitrogen and oxygen atoms in total. The first kappa shape index (κ1) is 17.7. The Bertz CT molecular complexity index is 776. The van der Waals surface area contributed by atoms with E-state index in [1.54, 1.807) is 36.1 Å². The van der Waals surface area contributed by atoms with E-state index in [1.807, 2.05) is 19.1 Å². The molecule has 2 aromatic rings. The van der Waals surface area contributed by atoms with E-state index in [9.17, 15) is 9.18 Å². The Morgan fingerprint density at radius 1 is 1.32 bits per heavy atom. The van der Waals surface area contributed by atoms with Crippen LogP contribution in [0.25, 0.3) is 0 Å². The Kier molecular flexibility index (Phi) is 5.28. The van der Waals surface area contributed by atoms with Gasteiger partial charge in [0.2, 0.25) is 0 Å². The van der Waals surface area contributed by atoms with Gasteiger partial charge in [-0.3, -0.25) is 4.79 Å². The second-order valence-corrected chi connectivity index (χ2v) is 6.89. The molecule has 25 heavy (non-hydrogen) atoms. The van der Waals surface area contributed by atoms with Crippen molar-refractivity contribution in [1.29, 1.82) is 0 Å². The maximum absolute atomic E-state index is 14.0. The van der Waals surface area contributed by atoms with Gasteiger partial charge in [-0.1, -0.05) is 35.9 Å². The standard InChI is InChI=1S/C20H21ClFNO2/c1-13-7-10-17(21)19(11-13)25-14(2)20(24)23(16-8-9-16)12-15-5-3-4-6-18(15)22/h3-7,10-11,14,16H,8-9,12H2,1-2H3. The lowest BCUT2D eigenvalue weighted by Gasteiger charge is -2.26. The number of carbonyl (C=O) groups is 1. The molecule has 1 atom stereocenters. The van der Waals surface area contributed by atoms with Crippen LogP contribution in [0.4, 0.5) is 4.39 Å². The van der Waals surface area contributed by atoms with Crippen molar-refractivity contribution in [2.24, 2.45) is 0 Å². The largest absolute Gasteiger partial charge is 0.479 e. The fourth-order valence-electron chi connectivity index (χ4n) is 2.76. The van der Waals surface area contributed by atoms with Gasteiger partial charge in [-0.25, -0.2) is 4.39 Å². The normalized spacial score (nSPS) is 14.9. The van der Waals surface area contributed by atoms with Gasteiger partial charge in [0.25, 0.3) is 5.91 Å². The number of nitrogens with zero attached hydrogens (tertiary/aromatic N) is 1. The summed E-state index contributed by atoms with van der Waals surface area (Å²) in [5.74, 6) is 0.0451. The fourth-order valence-corrected chi connectivity index (χ4v) is 2.92. The van der Waals surface area contributed by atoms with E-state index in [-0.39, 0.29) is 24.3 Å². The highest BCUT2D eigenvalue weighted by molar-refractivity contribution is 6.32. The Morgan fingerprint density at radius 2 is 2.04 bits per heavy atom. The van der Waals surface area contributed by atoms with Gasteiger partial charge in [-0.05, 0) is 50.5 Å². The smallest absolute Gasteiger partial charge is 0.263 e. The van der Waals surface area contributed by atoms with Crippen LogP contribution in [0.3, 0.4) is 0 Å². The molecule has 2 aromatic carbocycles. The Labute approximate surface area is 152 Å². The molecular formula is C20H21ClFNO2. The van der Waals surface area contributed by atoms with Crippen LogP contribution in [0.15, 0.2) is 42.5 Å². The van der Waals surface area contributed by atoms with Crippen molar-refractivity contribution in [2.75, 3.05) is 0 Å². The maximum Gasteiger partial charge on any atom is 0.263 e. The number of halogens is 2. The molecular weight excluding hydrogens is 341 g/mol. The van der Waals surface area contributed by atoms with E-state index in [2.05, 4.69) is 0 Å². The molecule has 0 aromatic heterocycles. The van der Waals surface area contributed by atoms with E-state index in [0.29, 0.717) is 16.3 Å². The van der Waals surface area contributed by atoms with E-state index in [4.69, 9.17) is 16.3 Å². The second kappa shape index (κ2) is 7.44. The SMILES string of the molecule is Cc1ccc(Cl)c(OC(C)C(=O)N(Cc2ccccc2F)C2CC2)c1. The highest BCUT2D eigenvalue weighted by Crippen LogP contribution is 2.31. The van der Waals surface area contributed by atoms with Crippen molar-refractivity contribution in [3.8, 4) is 5.75 Å². The van der Waals surface area contributed by atoms with Gasteiger partial charge in [0.15, 0.2) is 6.10 Å². The average Bonchev–Trinajstić information content (AvgIpc) is 3.41. The van der Waals surface area contributed by atoms with Gasteiger partial charge in [-0.15, -0.1) is 0 Å². The van der Waals surface area contributed by atoms with Crippen LogP contribution in [0.2, 0.25) is 5.02 Å². The summed E-state index contributed by atoms with van der Waals surface area (Å²) in [5.41, 5.74) is 1.52. The third-order valence-corrected chi connectivity index (χ3v) is 4.62. The molecule has 0 bridgehead atoms. The van der Waals surface area contributed by atoms with Crippen molar-refractivity contribution in [3.05, 3.63) is 64.4 Å². The first-order chi connectivity index (χ1) is 12.0. The summed E-state index contributed by atoms with van der Waals surface area (Å²) in [6, 6.07) is 12.2. The minimum Gasteiger partial charge on any atom is -0.479 e. The lowest BCUT2D eigenvalue weighted by Crippen LogP contribution is -2.41. The van der Waals surface area contributed by atoms with E-state index >= 15 is 0 Å². The molecule has 0 radical (unpaired) electrons. The molecule has 0 spiro atoms. The minimum atomic E-state index is -0.688. The molecule has 1 aliphatic carbocycles. The summed E-state index contributed by atoms with van der Waals surface area (Å²) in [7, 11) is 0. The molecule has 0 aliphatic heterocycles. The number of ether oxygens (including phenoxy) is 1. The number of benzene rings is 2. The van der Waals surface area contributed by atoms with Crippen LogP contribution < -0.4 is 4.74 Å². The first-order valence-corrected chi connectivity index (χ1v) is 8.80. The third kappa shape index (κ3) is 4.31. The van der Waals surface area contributed by atoms with Gasteiger partial charge in [0, 0.05) is 18.2 Å². The predicted octanol–water partition coefficient (Wildman–Crippen LogP) is 4.75. The van der Waals surface area contributed by atoms with E-state index in [1.165, 1.54) is 6.07 Å². The number of hydrogen-bond acceptors (Lipinski definition) is 2. The van der Waals surface area contributed by atoms with Crippen LogP contribution in [-0.2, 0) is 11.3 Å². The average molecular weight is 362 g/mol. The number of carbonyl (C=O) groups excluding carboxylic acids is 1. The predicted molar refractivity (Wildman–Crippen MR) is 96.3 cm³/mol. The van der Waals surface area contributed by atoms with Crippen molar-refractivity contribution in [2.45, 2.75) is 45.4 Å². The molecule has 0 heterocycles. The zero-order valence-electron chi connectivity index (χ0n) is 14.3. The molecule has 0 saturated heterocycles. The van der Waals surface area contributed by atoms with Gasteiger partial charge >= 0.3 is 0 Å². The summed E-state index contributed by atoms with van der Waals surface area (Å²) < 4.78 is 19.8. The van der Waals surface area contributed by atoms with Crippen LogP contribution in [0, 0.1) is 12.7 Å². The summed E-state index contributed by atoms with van der Waals surface area (Å²) in [6.07, 6.45) is 1.20. The van der Waals surface area contributed by atoms with Crippen LogP contribution in [-0.4, -0.2) is 23.0 Å². The molecule has 1 saturated carbocycles. The lowest BCUT2D eigenvalue weighted by molar-refractivity contribution is -0.139. The zero-order chi connectivity index (χ0) is 18.0. The maximum atomic E-state index is 14.0. The highest BCUT2D eigenvalue weighted by atomic mass is 35.5. The number of hydrogen-bond donors (Lipinski definition) is 0. The molecule has 1 fully saturated rings. The topological polar surface area (TPSA) is 29.5 Å². The van der Waals surface area contributed by atoms with Crippen molar-refractivity contribution >= 4 is 17.5 Å². The van der Waals surface area contributed by atoms with E-state index in [0.717, 1.165) is 18.4 Å². The summed E-state index contributed by atoms with van der Waals surface area (Å²) in [4.78, 5) is 14.6. The van der Waals surface area contributed by atoms with Crippen LogP contribution >= 0.6 is 11.6 Å². The van der Waals surface area contributed by atoms with Crippen LogP contribution in [0.5, 0.6) is 5.75 Å². The van der Waals surface area contributed by atoms with Crippen molar-refractivity contribution in [3.63, 3.8) is 0 Å². The first-order valence-electron chi connectivity index (χ1n) is 8.42. The fraction of sp³-hybridized carbons (Fsp3) is 0.350. The lowest BCUT2D eigenvalue weighted by atomic mass is 10.2. The Hall–Kier alpha value is -2.07.